The first-order valence-electron chi connectivity index (χ1n) is 3.61. The predicted molar refractivity (Wildman–Crippen MR) is 52.3 cm³/mol. The number of nitrogens with zero attached hydrogens (tertiary/aromatic N) is 1. The summed E-state index contributed by atoms with van der Waals surface area (Å²) in [4.78, 5) is 27.9. The molecule has 1 heterocycles. The van der Waals surface area contributed by atoms with Crippen molar-refractivity contribution < 1.29 is 4.79 Å². The molecular formula is C6H9N5O2S. The van der Waals surface area contributed by atoms with E-state index in [4.69, 9.17) is 11.6 Å². The van der Waals surface area contributed by atoms with E-state index >= 15 is 0 Å². The molecule has 14 heavy (non-hydrogen) atoms. The Kier molecular flexibility index (Phi) is 3.48. The number of nitrogens with two attached hydrogens (primary N) is 2. The maximum Gasteiger partial charge on any atom is 0.253 e. The number of hydrazine groups is 1. The van der Waals surface area contributed by atoms with E-state index in [-0.39, 0.29) is 23.0 Å². The average Bonchev–Trinajstić information content (AvgIpc) is 2.12. The topological polar surface area (TPSA) is 127 Å². The average molecular weight is 215 g/mol. The number of hydrogen-bond acceptors (Lipinski definition) is 6. The number of aromatic nitrogens is 2. The van der Waals surface area contributed by atoms with Gasteiger partial charge in [-0.2, -0.15) is 0 Å². The highest BCUT2D eigenvalue weighted by Gasteiger charge is 2.03. The number of carbonyl (C=O) groups is 1. The third-order valence-corrected chi connectivity index (χ3v) is 2.11. The Morgan fingerprint density at radius 2 is 2.43 bits per heavy atom. The molecule has 7 nitrogen and oxygen atoms in total. The molecule has 1 rings (SSSR count). The quantitative estimate of drug-likeness (QED) is 0.159. The Morgan fingerprint density at radius 3 is 3.00 bits per heavy atom. The lowest BCUT2D eigenvalue weighted by atomic mass is 10.6. The summed E-state index contributed by atoms with van der Waals surface area (Å²) in [5.41, 5.74) is 6.93. The minimum absolute atomic E-state index is 0.0723. The summed E-state index contributed by atoms with van der Waals surface area (Å²) in [5.74, 6) is 4.69. The number of H-pyrrole nitrogens is 1. The lowest BCUT2D eigenvalue weighted by molar-refractivity contribution is -0.118. The van der Waals surface area contributed by atoms with Crippen LogP contribution in [0.25, 0.3) is 0 Å². The Balaban J connectivity index is 2.68. The van der Waals surface area contributed by atoms with E-state index in [0.717, 1.165) is 17.8 Å². The Bertz CT molecular complexity index is 390. The third-order valence-electron chi connectivity index (χ3n) is 1.24. The van der Waals surface area contributed by atoms with Crippen molar-refractivity contribution >= 4 is 23.5 Å². The van der Waals surface area contributed by atoms with Crippen molar-refractivity contribution in [2.45, 2.75) is 5.16 Å². The van der Waals surface area contributed by atoms with Gasteiger partial charge in [0.25, 0.3) is 5.56 Å². The number of thioether (sulfide) groups is 1. The van der Waals surface area contributed by atoms with Crippen molar-refractivity contribution in [2.24, 2.45) is 5.84 Å². The number of carbonyl (C=O) groups excluding carboxylic acids is 1. The fraction of sp³-hybridized carbons (Fsp3) is 0.167. The summed E-state index contributed by atoms with van der Waals surface area (Å²) in [5, 5.41) is 0.290. The number of anilines is 1. The third kappa shape index (κ3) is 3.07. The molecule has 0 saturated heterocycles. The summed E-state index contributed by atoms with van der Waals surface area (Å²) >= 11 is 1.04. The van der Waals surface area contributed by atoms with Crippen molar-refractivity contribution in [3.63, 3.8) is 0 Å². The van der Waals surface area contributed by atoms with E-state index in [9.17, 15) is 9.59 Å². The highest BCUT2D eigenvalue weighted by Crippen LogP contribution is 2.10. The summed E-state index contributed by atoms with van der Waals surface area (Å²) in [6.45, 7) is 0. The van der Waals surface area contributed by atoms with Gasteiger partial charge in [-0.15, -0.1) is 0 Å². The van der Waals surface area contributed by atoms with Crippen LogP contribution in [0.2, 0.25) is 0 Å². The zero-order valence-corrected chi connectivity index (χ0v) is 7.93. The number of nitrogen functional groups attached to an aromatic ring is 1. The SMILES string of the molecule is NNC(=O)CSc1nc(N)cc(=O)[nH]1. The van der Waals surface area contributed by atoms with Crippen molar-refractivity contribution in [3.8, 4) is 0 Å². The van der Waals surface area contributed by atoms with Crippen LogP contribution in [0.4, 0.5) is 5.82 Å². The molecule has 8 heteroatoms. The number of amides is 1. The van der Waals surface area contributed by atoms with Crippen LogP contribution in [0.3, 0.4) is 0 Å². The van der Waals surface area contributed by atoms with Gasteiger partial charge in [-0.05, 0) is 0 Å². The molecule has 1 amide bonds. The second-order valence-corrected chi connectivity index (χ2v) is 3.30. The van der Waals surface area contributed by atoms with Crippen molar-refractivity contribution in [2.75, 3.05) is 11.5 Å². The molecule has 76 valence electrons. The van der Waals surface area contributed by atoms with Gasteiger partial charge in [-0.3, -0.25) is 15.0 Å². The van der Waals surface area contributed by atoms with Crippen molar-refractivity contribution in [3.05, 3.63) is 16.4 Å². The molecule has 0 bridgehead atoms. The second-order valence-electron chi connectivity index (χ2n) is 2.33. The molecule has 1 aromatic heterocycles. The fourth-order valence-electron chi connectivity index (χ4n) is 0.697. The van der Waals surface area contributed by atoms with Gasteiger partial charge in [-0.25, -0.2) is 10.8 Å². The molecule has 6 N–H and O–H groups in total. The van der Waals surface area contributed by atoms with Gasteiger partial charge in [0.05, 0.1) is 5.75 Å². The fourth-order valence-corrected chi connectivity index (χ4v) is 1.39. The number of aromatic amines is 1. The minimum atomic E-state index is -0.361. The molecule has 1 aromatic rings. The second kappa shape index (κ2) is 4.63. The van der Waals surface area contributed by atoms with Gasteiger partial charge < -0.3 is 10.7 Å². The van der Waals surface area contributed by atoms with Crippen LogP contribution < -0.4 is 22.6 Å². The van der Waals surface area contributed by atoms with E-state index in [1.807, 2.05) is 5.43 Å². The first-order chi connectivity index (χ1) is 6.61. The maximum absolute atomic E-state index is 10.9. The van der Waals surface area contributed by atoms with Gasteiger partial charge in [0, 0.05) is 6.07 Å². The molecule has 0 fully saturated rings. The molecule has 0 aliphatic heterocycles. The monoisotopic (exact) mass is 215 g/mol. The van der Waals surface area contributed by atoms with Gasteiger partial charge >= 0.3 is 0 Å². The smallest absolute Gasteiger partial charge is 0.253 e. The van der Waals surface area contributed by atoms with Gasteiger partial charge in [0.15, 0.2) is 5.16 Å². The van der Waals surface area contributed by atoms with Crippen molar-refractivity contribution in [1.29, 1.82) is 0 Å². The molecule has 0 unspecified atom stereocenters. The summed E-state index contributed by atoms with van der Waals surface area (Å²) in [6.07, 6.45) is 0. The molecule has 0 aromatic carbocycles. The van der Waals surface area contributed by atoms with E-state index < -0.39 is 0 Å². The normalized spacial score (nSPS) is 9.79. The molecule has 0 spiro atoms. The highest BCUT2D eigenvalue weighted by molar-refractivity contribution is 7.99. The van der Waals surface area contributed by atoms with Gasteiger partial charge in [0.2, 0.25) is 5.91 Å². The molecular weight excluding hydrogens is 206 g/mol. The molecule has 0 aliphatic carbocycles. The molecule has 0 aliphatic rings. The standard InChI is InChI=1S/C6H9N5O2S/c7-3-1-4(12)10-6(9-3)14-2-5(13)11-8/h1H,2,8H2,(H,11,13)(H3,7,9,10,12). The Hall–Kier alpha value is -1.54. The van der Waals surface area contributed by atoms with E-state index in [1.165, 1.54) is 0 Å². The minimum Gasteiger partial charge on any atom is -0.383 e. The summed E-state index contributed by atoms with van der Waals surface area (Å²) in [7, 11) is 0. The Labute approximate surface area is 83.2 Å². The Morgan fingerprint density at radius 1 is 1.71 bits per heavy atom. The summed E-state index contributed by atoms with van der Waals surface area (Å²) in [6, 6.07) is 1.16. The van der Waals surface area contributed by atoms with Crippen molar-refractivity contribution in [1.82, 2.24) is 15.4 Å². The van der Waals surface area contributed by atoms with Crippen LogP contribution in [-0.2, 0) is 4.79 Å². The van der Waals surface area contributed by atoms with E-state index in [0.29, 0.717) is 5.16 Å². The largest absolute Gasteiger partial charge is 0.383 e. The number of rotatable bonds is 3. The first kappa shape index (κ1) is 10.5. The zero-order valence-electron chi connectivity index (χ0n) is 7.11. The predicted octanol–water partition coefficient (Wildman–Crippen LogP) is -1.57. The molecule has 0 atom stereocenters. The number of hydrogen-bond donors (Lipinski definition) is 4. The zero-order chi connectivity index (χ0) is 10.6. The first-order valence-corrected chi connectivity index (χ1v) is 4.59. The van der Waals surface area contributed by atoms with E-state index in [2.05, 4.69) is 9.97 Å². The highest BCUT2D eigenvalue weighted by atomic mass is 32.2. The summed E-state index contributed by atoms with van der Waals surface area (Å²) < 4.78 is 0. The van der Waals surface area contributed by atoms with Gasteiger partial charge in [0.1, 0.15) is 5.82 Å². The van der Waals surface area contributed by atoms with Crippen LogP contribution >= 0.6 is 11.8 Å². The van der Waals surface area contributed by atoms with Gasteiger partial charge in [-0.1, -0.05) is 11.8 Å². The van der Waals surface area contributed by atoms with Crippen LogP contribution in [0.1, 0.15) is 0 Å². The lowest BCUT2D eigenvalue weighted by Gasteiger charge is -1.99. The maximum atomic E-state index is 10.9. The van der Waals surface area contributed by atoms with Crippen LogP contribution in [0, 0.1) is 0 Å². The molecule has 0 saturated carbocycles. The van der Waals surface area contributed by atoms with Crippen LogP contribution in [-0.4, -0.2) is 21.6 Å². The molecule has 0 radical (unpaired) electrons. The van der Waals surface area contributed by atoms with E-state index in [1.54, 1.807) is 0 Å². The van der Waals surface area contributed by atoms with Crippen LogP contribution in [0.15, 0.2) is 16.0 Å². The number of nitrogens with one attached hydrogen (secondary N) is 2. The lowest BCUT2D eigenvalue weighted by Crippen LogP contribution is -2.31. The van der Waals surface area contributed by atoms with Crippen LogP contribution in [0.5, 0.6) is 0 Å².